The third-order valence-electron chi connectivity index (χ3n) is 3.78. The van der Waals surface area contributed by atoms with E-state index in [0.717, 1.165) is 38.6 Å². The Balaban J connectivity index is 2.07. The maximum absolute atomic E-state index is 12.4. The van der Waals surface area contributed by atoms with Crippen LogP contribution in [0, 0.1) is 5.92 Å². The van der Waals surface area contributed by atoms with Crippen LogP contribution in [-0.4, -0.2) is 42.7 Å². The summed E-state index contributed by atoms with van der Waals surface area (Å²) >= 11 is 0. The first kappa shape index (κ1) is 17.4. The lowest BCUT2D eigenvalue weighted by Gasteiger charge is -2.22. The van der Waals surface area contributed by atoms with Crippen LogP contribution in [0.1, 0.15) is 19.3 Å². The van der Waals surface area contributed by atoms with Crippen LogP contribution in [0.15, 0.2) is 34.1 Å². The highest BCUT2D eigenvalue weighted by Crippen LogP contribution is 2.20. The summed E-state index contributed by atoms with van der Waals surface area (Å²) in [6, 6.07) is 5.67. The van der Waals surface area contributed by atoms with E-state index in [9.17, 15) is 16.8 Å². The standard InChI is InChI=1S/C14H22N2O4S2/c1-21(17,18)13-6-2-3-7-14(13)22(19,20)16-10-8-12-5-4-9-15-11-12/h2-3,6-7,12,15-16H,4-5,8-11H2,1H3. The van der Waals surface area contributed by atoms with Gasteiger partial charge in [-0.1, -0.05) is 12.1 Å². The molecule has 8 heteroatoms. The zero-order valence-corrected chi connectivity index (χ0v) is 14.2. The Labute approximate surface area is 132 Å². The number of rotatable bonds is 6. The minimum Gasteiger partial charge on any atom is -0.316 e. The van der Waals surface area contributed by atoms with Crippen LogP contribution in [0.25, 0.3) is 0 Å². The van der Waals surface area contributed by atoms with Gasteiger partial charge in [-0.3, -0.25) is 0 Å². The smallest absolute Gasteiger partial charge is 0.241 e. The van der Waals surface area contributed by atoms with E-state index in [0.29, 0.717) is 12.5 Å². The summed E-state index contributed by atoms with van der Waals surface area (Å²) in [6.45, 7) is 2.23. The van der Waals surface area contributed by atoms with Crippen molar-refractivity contribution in [3.05, 3.63) is 24.3 Å². The van der Waals surface area contributed by atoms with Gasteiger partial charge >= 0.3 is 0 Å². The molecule has 1 aromatic carbocycles. The van der Waals surface area contributed by atoms with Crippen LogP contribution in [0.5, 0.6) is 0 Å². The monoisotopic (exact) mass is 346 g/mol. The number of sulfonamides is 1. The fourth-order valence-electron chi connectivity index (χ4n) is 2.62. The molecule has 124 valence electrons. The Morgan fingerprint density at radius 1 is 1.18 bits per heavy atom. The topological polar surface area (TPSA) is 92.3 Å². The molecule has 1 aliphatic heterocycles. The summed E-state index contributed by atoms with van der Waals surface area (Å²) in [6.07, 6.45) is 3.95. The molecule has 6 nitrogen and oxygen atoms in total. The Morgan fingerprint density at radius 3 is 2.45 bits per heavy atom. The molecule has 0 radical (unpaired) electrons. The zero-order valence-electron chi connectivity index (χ0n) is 12.6. The minimum atomic E-state index is -3.82. The van der Waals surface area contributed by atoms with Gasteiger partial charge in [0.1, 0.15) is 4.90 Å². The van der Waals surface area contributed by atoms with E-state index >= 15 is 0 Å². The quantitative estimate of drug-likeness (QED) is 0.793. The highest BCUT2D eigenvalue weighted by Gasteiger charge is 2.23. The van der Waals surface area contributed by atoms with E-state index in [2.05, 4.69) is 10.0 Å². The molecule has 1 aromatic rings. The van der Waals surface area contributed by atoms with Gasteiger partial charge in [0.25, 0.3) is 0 Å². The van der Waals surface area contributed by atoms with Crippen LogP contribution in [0.2, 0.25) is 0 Å². The van der Waals surface area contributed by atoms with Gasteiger partial charge in [0.15, 0.2) is 9.84 Å². The molecule has 0 aliphatic carbocycles. The molecule has 1 atom stereocenters. The first-order valence-corrected chi connectivity index (χ1v) is 10.7. The van der Waals surface area contributed by atoms with Gasteiger partial charge in [0.2, 0.25) is 10.0 Å². The first-order chi connectivity index (χ1) is 10.3. The summed E-state index contributed by atoms with van der Waals surface area (Å²) in [4.78, 5) is -0.346. The van der Waals surface area contributed by atoms with Crippen molar-refractivity contribution in [1.29, 1.82) is 0 Å². The summed E-state index contributed by atoms with van der Waals surface area (Å²) in [7, 11) is -7.42. The fraction of sp³-hybridized carbons (Fsp3) is 0.571. The van der Waals surface area contributed by atoms with Crippen LogP contribution in [-0.2, 0) is 19.9 Å². The second kappa shape index (κ2) is 7.08. The van der Waals surface area contributed by atoms with Crippen molar-refractivity contribution >= 4 is 19.9 Å². The molecule has 0 bridgehead atoms. The molecule has 2 N–H and O–H groups in total. The summed E-state index contributed by atoms with van der Waals surface area (Å²) in [5, 5.41) is 3.29. The maximum atomic E-state index is 12.4. The van der Waals surface area contributed by atoms with Gasteiger partial charge in [0.05, 0.1) is 4.90 Å². The van der Waals surface area contributed by atoms with Gasteiger partial charge in [-0.2, -0.15) is 0 Å². The van der Waals surface area contributed by atoms with E-state index < -0.39 is 19.9 Å². The number of piperidine rings is 1. The van der Waals surface area contributed by atoms with Crippen LogP contribution in [0.3, 0.4) is 0 Å². The molecule has 22 heavy (non-hydrogen) atoms. The van der Waals surface area contributed by atoms with Gasteiger partial charge in [0, 0.05) is 12.8 Å². The lowest BCUT2D eigenvalue weighted by atomic mass is 9.96. The van der Waals surface area contributed by atoms with Crippen molar-refractivity contribution in [1.82, 2.24) is 10.0 Å². The van der Waals surface area contributed by atoms with Crippen molar-refractivity contribution in [3.8, 4) is 0 Å². The largest absolute Gasteiger partial charge is 0.316 e. The van der Waals surface area contributed by atoms with Crippen molar-refractivity contribution in [3.63, 3.8) is 0 Å². The van der Waals surface area contributed by atoms with Gasteiger partial charge < -0.3 is 5.32 Å². The SMILES string of the molecule is CS(=O)(=O)c1ccccc1S(=O)(=O)NCCC1CCCNC1. The number of sulfone groups is 1. The summed E-state index contributed by atoms with van der Waals surface area (Å²) in [5.74, 6) is 0.460. The molecule has 0 aromatic heterocycles. The number of nitrogens with one attached hydrogen (secondary N) is 2. The average molecular weight is 346 g/mol. The third-order valence-corrected chi connectivity index (χ3v) is 6.59. The first-order valence-electron chi connectivity index (χ1n) is 7.30. The fourth-order valence-corrected chi connectivity index (χ4v) is 5.30. The normalized spacial score (nSPS) is 20.0. The summed E-state index contributed by atoms with van der Waals surface area (Å²) in [5.41, 5.74) is 0. The van der Waals surface area contributed by atoms with E-state index in [1.54, 1.807) is 0 Å². The molecule has 2 rings (SSSR count). The van der Waals surface area contributed by atoms with Crippen LogP contribution >= 0.6 is 0 Å². The van der Waals surface area contributed by atoms with Crippen molar-refractivity contribution in [2.75, 3.05) is 25.9 Å². The molecule has 1 heterocycles. The second-order valence-corrected chi connectivity index (χ2v) is 9.34. The molecule has 0 spiro atoms. The zero-order chi connectivity index (χ0) is 16.2. The Bertz CT molecular complexity index is 708. The number of hydrogen-bond donors (Lipinski definition) is 2. The minimum absolute atomic E-state index is 0.165. The third kappa shape index (κ3) is 4.52. The lowest BCUT2D eigenvalue weighted by molar-refractivity contribution is 0.358. The van der Waals surface area contributed by atoms with Crippen molar-refractivity contribution in [2.24, 2.45) is 5.92 Å². The number of benzene rings is 1. The van der Waals surface area contributed by atoms with Gasteiger partial charge in [-0.25, -0.2) is 21.6 Å². The summed E-state index contributed by atoms with van der Waals surface area (Å²) < 4.78 is 50.7. The van der Waals surface area contributed by atoms with E-state index in [1.807, 2.05) is 0 Å². The van der Waals surface area contributed by atoms with Gasteiger partial charge in [-0.05, 0) is 50.4 Å². The predicted octanol–water partition coefficient (Wildman–Crippen LogP) is 0.758. The van der Waals surface area contributed by atoms with Crippen LogP contribution < -0.4 is 10.0 Å². The number of hydrogen-bond acceptors (Lipinski definition) is 5. The van der Waals surface area contributed by atoms with Crippen molar-refractivity contribution in [2.45, 2.75) is 29.1 Å². The lowest BCUT2D eigenvalue weighted by Crippen LogP contribution is -2.33. The Hall–Kier alpha value is -0.960. The molecule has 1 fully saturated rings. The van der Waals surface area contributed by atoms with Gasteiger partial charge in [-0.15, -0.1) is 0 Å². The highest BCUT2D eigenvalue weighted by atomic mass is 32.2. The van der Waals surface area contributed by atoms with Crippen LogP contribution in [0.4, 0.5) is 0 Å². The molecular formula is C14H22N2O4S2. The molecule has 1 saturated heterocycles. The highest BCUT2D eigenvalue weighted by molar-refractivity contribution is 7.93. The predicted molar refractivity (Wildman–Crippen MR) is 85.0 cm³/mol. The Kier molecular flexibility index (Phi) is 5.60. The van der Waals surface area contributed by atoms with Crippen molar-refractivity contribution < 1.29 is 16.8 Å². The molecule has 0 amide bonds. The molecule has 0 saturated carbocycles. The molecule has 1 unspecified atom stereocenters. The average Bonchev–Trinajstić information content (AvgIpc) is 2.47. The molecular weight excluding hydrogens is 324 g/mol. The van der Waals surface area contributed by atoms with E-state index in [1.165, 1.54) is 24.3 Å². The molecule has 1 aliphatic rings. The maximum Gasteiger partial charge on any atom is 0.241 e. The Morgan fingerprint density at radius 2 is 1.86 bits per heavy atom. The van der Waals surface area contributed by atoms with E-state index in [4.69, 9.17) is 0 Å². The van der Waals surface area contributed by atoms with E-state index in [-0.39, 0.29) is 9.79 Å². The second-order valence-electron chi connectivity index (χ2n) is 5.62.